The molecule has 0 amide bonds. The molecule has 6 heteroatoms. The number of esters is 1. The summed E-state index contributed by atoms with van der Waals surface area (Å²) in [5, 5.41) is 1.19. The average molecular weight is 399 g/mol. The quantitative estimate of drug-likeness (QED) is 0.471. The van der Waals surface area contributed by atoms with E-state index in [2.05, 4.69) is 22.9 Å². The fourth-order valence-corrected chi connectivity index (χ4v) is 5.28. The molecule has 156 valence electrons. The molecule has 0 saturated carbocycles. The van der Waals surface area contributed by atoms with Crippen LogP contribution in [0.15, 0.2) is 30.0 Å². The van der Waals surface area contributed by atoms with Crippen molar-refractivity contribution >= 4 is 16.9 Å². The van der Waals surface area contributed by atoms with Gasteiger partial charge in [-0.1, -0.05) is 19.4 Å². The maximum Gasteiger partial charge on any atom is 0.337 e. The minimum Gasteiger partial charge on any atom is -0.504 e. The lowest BCUT2D eigenvalue weighted by Crippen LogP contribution is -2.47. The van der Waals surface area contributed by atoms with Gasteiger partial charge in [-0.3, -0.25) is 4.90 Å². The molecule has 6 nitrogen and oxygen atoms in total. The van der Waals surface area contributed by atoms with Gasteiger partial charge in [0.15, 0.2) is 0 Å². The molecule has 4 rings (SSSR count). The van der Waals surface area contributed by atoms with Crippen molar-refractivity contribution < 1.29 is 19.0 Å². The third-order valence-electron chi connectivity index (χ3n) is 6.67. The zero-order valence-electron chi connectivity index (χ0n) is 17.7. The van der Waals surface area contributed by atoms with Gasteiger partial charge in [0.1, 0.15) is 5.75 Å². The number of H-pyrrole nitrogens is 1. The predicted molar refractivity (Wildman–Crippen MR) is 112 cm³/mol. The standard InChI is InChI=1S/C23H30N2O4/c1-5-14-12-25-10-9-15-21-18(7-6-8-20(21)28-3)24-22(15)19(25)11-16(14)17(13-27-2)23(26)29-4/h6-8,13-14,16,19,24H,5,9-12H2,1-4H3/b17-13+/t14?,16-,19+/m0/s1. The molecule has 2 aliphatic heterocycles. The molecule has 0 aliphatic carbocycles. The number of carbonyl (C=O) groups excluding carboxylic acids is 1. The molecule has 1 saturated heterocycles. The first-order valence-electron chi connectivity index (χ1n) is 10.4. The van der Waals surface area contributed by atoms with Gasteiger partial charge in [-0.05, 0) is 42.4 Å². The first kappa shape index (κ1) is 19.8. The van der Waals surface area contributed by atoms with Crippen LogP contribution in [0.2, 0.25) is 0 Å². The summed E-state index contributed by atoms with van der Waals surface area (Å²) in [4.78, 5) is 18.7. The summed E-state index contributed by atoms with van der Waals surface area (Å²) in [6.07, 6.45) is 4.46. The summed E-state index contributed by atoms with van der Waals surface area (Å²) in [6, 6.07) is 6.40. The van der Waals surface area contributed by atoms with Crippen LogP contribution in [0.1, 0.15) is 37.1 Å². The molecule has 0 spiro atoms. The highest BCUT2D eigenvalue weighted by atomic mass is 16.5. The Balaban J connectivity index is 1.76. The van der Waals surface area contributed by atoms with Gasteiger partial charge in [-0.2, -0.15) is 0 Å². The number of nitrogens with one attached hydrogen (secondary N) is 1. The maximum absolute atomic E-state index is 12.5. The minimum absolute atomic E-state index is 0.105. The second kappa shape index (κ2) is 8.11. The number of piperidine rings is 1. The third-order valence-corrected chi connectivity index (χ3v) is 6.67. The number of hydrogen-bond acceptors (Lipinski definition) is 5. The van der Waals surface area contributed by atoms with E-state index in [1.807, 2.05) is 12.1 Å². The van der Waals surface area contributed by atoms with Crippen LogP contribution in [0.3, 0.4) is 0 Å². The second-order valence-electron chi connectivity index (χ2n) is 7.97. The van der Waals surface area contributed by atoms with Gasteiger partial charge in [-0.25, -0.2) is 4.79 Å². The number of methoxy groups -OCH3 is 3. The van der Waals surface area contributed by atoms with Crippen molar-refractivity contribution in [2.75, 3.05) is 34.4 Å². The lowest BCUT2D eigenvalue weighted by molar-refractivity contribution is -0.137. The Kier molecular flexibility index (Phi) is 5.54. The zero-order chi connectivity index (χ0) is 20.5. The number of aromatic nitrogens is 1. The van der Waals surface area contributed by atoms with Crippen molar-refractivity contribution in [1.82, 2.24) is 9.88 Å². The molecular formula is C23H30N2O4. The number of nitrogens with zero attached hydrogens (tertiary/aromatic N) is 1. The van der Waals surface area contributed by atoms with Crippen LogP contribution in [0.25, 0.3) is 10.9 Å². The Morgan fingerprint density at radius 2 is 2.14 bits per heavy atom. The van der Waals surface area contributed by atoms with E-state index in [1.54, 1.807) is 20.5 Å². The molecule has 1 aromatic heterocycles. The number of fused-ring (bicyclic) bond motifs is 5. The molecule has 1 N–H and O–H groups in total. The molecule has 0 bridgehead atoms. The normalized spacial score (nSPS) is 24.7. The van der Waals surface area contributed by atoms with E-state index in [0.29, 0.717) is 11.5 Å². The van der Waals surface area contributed by atoms with E-state index in [9.17, 15) is 4.79 Å². The molecule has 0 radical (unpaired) electrons. The van der Waals surface area contributed by atoms with Crippen LogP contribution in [-0.4, -0.2) is 50.3 Å². The summed E-state index contributed by atoms with van der Waals surface area (Å²) < 4.78 is 16.0. The first-order valence-corrected chi connectivity index (χ1v) is 10.4. The number of hydrogen-bond donors (Lipinski definition) is 1. The van der Waals surface area contributed by atoms with Crippen LogP contribution in [-0.2, 0) is 20.7 Å². The Morgan fingerprint density at radius 1 is 1.31 bits per heavy atom. The highest BCUT2D eigenvalue weighted by Gasteiger charge is 2.42. The van der Waals surface area contributed by atoms with Crippen molar-refractivity contribution in [3.8, 4) is 5.75 Å². The minimum atomic E-state index is -0.293. The molecule has 3 atom stereocenters. The fourth-order valence-electron chi connectivity index (χ4n) is 5.28. The SMILES string of the molecule is CCC1CN2CCc3c([nH]c4cccc(OC)c34)[C@H]2C[C@@H]1/C(=C\OC)C(=O)OC. The van der Waals surface area contributed by atoms with Crippen LogP contribution < -0.4 is 4.74 Å². The Bertz CT molecular complexity index is 932. The first-order chi connectivity index (χ1) is 14.1. The topological polar surface area (TPSA) is 63.8 Å². The van der Waals surface area contributed by atoms with E-state index >= 15 is 0 Å². The molecule has 1 unspecified atom stereocenters. The van der Waals surface area contributed by atoms with Gasteiger partial charge >= 0.3 is 5.97 Å². The van der Waals surface area contributed by atoms with E-state index in [1.165, 1.54) is 23.8 Å². The third kappa shape index (κ3) is 3.29. The van der Waals surface area contributed by atoms with E-state index < -0.39 is 0 Å². The van der Waals surface area contributed by atoms with Gasteiger partial charge < -0.3 is 19.2 Å². The molecule has 1 fully saturated rings. The van der Waals surface area contributed by atoms with Gasteiger partial charge in [0.05, 0.1) is 39.2 Å². The summed E-state index contributed by atoms with van der Waals surface area (Å²) in [7, 11) is 4.75. The molecule has 2 aromatic rings. The summed E-state index contributed by atoms with van der Waals surface area (Å²) in [5.41, 5.74) is 4.37. The van der Waals surface area contributed by atoms with Crippen molar-refractivity contribution in [2.24, 2.45) is 11.8 Å². The molecular weight excluding hydrogens is 368 g/mol. The second-order valence-corrected chi connectivity index (χ2v) is 7.97. The van der Waals surface area contributed by atoms with Crippen LogP contribution in [0.5, 0.6) is 5.75 Å². The number of ether oxygens (including phenoxy) is 3. The van der Waals surface area contributed by atoms with E-state index in [0.717, 1.165) is 43.6 Å². The predicted octanol–water partition coefficient (Wildman–Crippen LogP) is 3.83. The number of rotatable bonds is 5. The van der Waals surface area contributed by atoms with Crippen LogP contribution >= 0.6 is 0 Å². The summed E-state index contributed by atoms with van der Waals surface area (Å²) in [6.45, 7) is 4.19. The molecule has 29 heavy (non-hydrogen) atoms. The Labute approximate surface area is 171 Å². The van der Waals surface area contributed by atoms with Gasteiger partial charge in [-0.15, -0.1) is 0 Å². The van der Waals surface area contributed by atoms with Crippen molar-refractivity contribution in [3.05, 3.63) is 41.3 Å². The van der Waals surface area contributed by atoms with Gasteiger partial charge in [0.2, 0.25) is 0 Å². The van der Waals surface area contributed by atoms with E-state index in [4.69, 9.17) is 14.2 Å². The van der Waals surface area contributed by atoms with Crippen LogP contribution in [0, 0.1) is 11.8 Å². The van der Waals surface area contributed by atoms with Gasteiger partial charge in [0.25, 0.3) is 0 Å². The Morgan fingerprint density at radius 3 is 2.83 bits per heavy atom. The number of carbonyl (C=O) groups is 1. The fraction of sp³-hybridized carbons (Fsp3) is 0.522. The highest BCUT2D eigenvalue weighted by molar-refractivity contribution is 5.91. The smallest absolute Gasteiger partial charge is 0.337 e. The molecule has 2 aliphatic rings. The highest BCUT2D eigenvalue weighted by Crippen LogP contribution is 2.47. The lowest BCUT2D eigenvalue weighted by atomic mass is 9.74. The largest absolute Gasteiger partial charge is 0.504 e. The molecule has 3 heterocycles. The zero-order valence-corrected chi connectivity index (χ0v) is 17.7. The maximum atomic E-state index is 12.5. The summed E-state index contributed by atoms with van der Waals surface area (Å²) >= 11 is 0. The lowest BCUT2D eigenvalue weighted by Gasteiger charge is -2.46. The van der Waals surface area contributed by atoms with Crippen LogP contribution in [0.4, 0.5) is 0 Å². The monoisotopic (exact) mass is 398 g/mol. The van der Waals surface area contributed by atoms with E-state index in [-0.39, 0.29) is 17.9 Å². The van der Waals surface area contributed by atoms with Crippen molar-refractivity contribution in [1.29, 1.82) is 0 Å². The molecule has 1 aromatic carbocycles. The van der Waals surface area contributed by atoms with Gasteiger partial charge in [0, 0.05) is 29.7 Å². The van der Waals surface area contributed by atoms with Crippen molar-refractivity contribution in [3.63, 3.8) is 0 Å². The summed E-state index contributed by atoms with van der Waals surface area (Å²) in [5.74, 6) is 1.12. The van der Waals surface area contributed by atoms with Crippen molar-refractivity contribution in [2.45, 2.75) is 32.2 Å². The number of benzene rings is 1. The Hall–Kier alpha value is -2.47. The average Bonchev–Trinajstić information content (AvgIpc) is 3.15. The number of aromatic amines is 1.